The Morgan fingerprint density at radius 2 is 2.18 bits per heavy atom. The van der Waals surface area contributed by atoms with Crippen LogP contribution in [-0.4, -0.2) is 23.0 Å². The lowest BCUT2D eigenvalue weighted by atomic mass is 9.84. The topological polar surface area (TPSA) is 27.1 Å². The Bertz CT molecular complexity index is 398. The predicted molar refractivity (Wildman–Crippen MR) is 69.9 cm³/mol. The van der Waals surface area contributed by atoms with Crippen molar-refractivity contribution in [2.24, 2.45) is 5.41 Å². The first-order valence-electron chi connectivity index (χ1n) is 6.45. The molecule has 2 fully saturated rings. The van der Waals surface area contributed by atoms with Gasteiger partial charge in [0.1, 0.15) is 0 Å². The van der Waals surface area contributed by atoms with E-state index in [1.165, 1.54) is 38.5 Å². The zero-order chi connectivity index (χ0) is 11.9. The fourth-order valence-electron chi connectivity index (χ4n) is 3.76. The van der Waals surface area contributed by atoms with Gasteiger partial charge >= 0.3 is 0 Å². The van der Waals surface area contributed by atoms with E-state index in [1.807, 2.05) is 13.3 Å². The monoisotopic (exact) mass is 298 g/mol. The van der Waals surface area contributed by atoms with Crippen molar-refractivity contribution in [2.75, 3.05) is 7.11 Å². The molecule has 0 aromatic carbocycles. The number of ether oxygens (including phenoxy) is 1. The Morgan fingerprint density at radius 1 is 1.41 bits per heavy atom. The number of nitrogens with zero attached hydrogens (tertiary/aromatic N) is 2. The van der Waals surface area contributed by atoms with Crippen molar-refractivity contribution in [3.63, 3.8) is 0 Å². The SMILES string of the molecule is CO[C@@H]1CC2(CCCC2)CC1n1cc(Br)cn1. The first-order chi connectivity index (χ1) is 8.22. The maximum atomic E-state index is 5.70. The Balaban J connectivity index is 1.84. The van der Waals surface area contributed by atoms with Crippen LogP contribution in [0.1, 0.15) is 44.6 Å². The van der Waals surface area contributed by atoms with Crippen LogP contribution < -0.4 is 0 Å². The summed E-state index contributed by atoms with van der Waals surface area (Å²) < 4.78 is 8.84. The summed E-state index contributed by atoms with van der Waals surface area (Å²) in [5.41, 5.74) is 0.545. The Labute approximate surface area is 111 Å². The second-order valence-corrected chi connectivity index (χ2v) is 6.51. The summed E-state index contributed by atoms with van der Waals surface area (Å²) in [7, 11) is 1.84. The molecule has 94 valence electrons. The third-order valence-electron chi connectivity index (χ3n) is 4.58. The van der Waals surface area contributed by atoms with E-state index in [-0.39, 0.29) is 0 Å². The smallest absolute Gasteiger partial charge is 0.0800 e. The van der Waals surface area contributed by atoms with Crippen molar-refractivity contribution in [3.8, 4) is 0 Å². The molecule has 2 saturated carbocycles. The number of rotatable bonds is 2. The second kappa shape index (κ2) is 4.39. The van der Waals surface area contributed by atoms with Gasteiger partial charge in [-0.2, -0.15) is 5.10 Å². The molecule has 3 nitrogen and oxygen atoms in total. The van der Waals surface area contributed by atoms with Crippen LogP contribution in [0.4, 0.5) is 0 Å². The number of hydrogen-bond donors (Lipinski definition) is 0. The molecule has 0 aliphatic heterocycles. The van der Waals surface area contributed by atoms with Crippen molar-refractivity contribution in [1.82, 2.24) is 9.78 Å². The highest BCUT2D eigenvalue weighted by molar-refractivity contribution is 9.10. The molecule has 2 atom stereocenters. The average molecular weight is 299 g/mol. The molecule has 1 spiro atoms. The molecule has 1 aromatic heterocycles. The van der Waals surface area contributed by atoms with Gasteiger partial charge in [0, 0.05) is 13.3 Å². The molecule has 1 unspecified atom stereocenters. The molecule has 0 radical (unpaired) electrons. The zero-order valence-corrected chi connectivity index (χ0v) is 11.8. The standard InChI is InChI=1S/C13H19BrN2O/c1-17-12-7-13(4-2-3-5-13)6-11(12)16-9-10(14)8-15-16/h8-9,11-12H,2-7H2,1H3/t11?,12-/m1/s1. The lowest BCUT2D eigenvalue weighted by Crippen LogP contribution is -2.20. The van der Waals surface area contributed by atoms with Crippen molar-refractivity contribution in [1.29, 1.82) is 0 Å². The predicted octanol–water partition coefficient (Wildman–Crippen LogP) is 3.56. The lowest BCUT2D eigenvalue weighted by Gasteiger charge is -2.22. The number of aromatic nitrogens is 2. The summed E-state index contributed by atoms with van der Waals surface area (Å²) >= 11 is 3.47. The maximum Gasteiger partial charge on any atom is 0.0800 e. The molecule has 1 heterocycles. The van der Waals surface area contributed by atoms with Crippen LogP contribution in [0.5, 0.6) is 0 Å². The summed E-state index contributed by atoms with van der Waals surface area (Å²) in [5.74, 6) is 0. The van der Waals surface area contributed by atoms with Gasteiger partial charge in [0.05, 0.1) is 22.8 Å². The summed E-state index contributed by atoms with van der Waals surface area (Å²) in [6, 6.07) is 0.421. The summed E-state index contributed by atoms with van der Waals surface area (Å²) in [5, 5.41) is 4.44. The minimum Gasteiger partial charge on any atom is -0.379 e. The fraction of sp³-hybridized carbons (Fsp3) is 0.769. The molecule has 0 amide bonds. The zero-order valence-electron chi connectivity index (χ0n) is 10.2. The van der Waals surface area contributed by atoms with Gasteiger partial charge in [-0.25, -0.2) is 0 Å². The molecule has 0 N–H and O–H groups in total. The normalized spacial score (nSPS) is 31.4. The van der Waals surface area contributed by atoms with E-state index in [1.54, 1.807) is 0 Å². The molecular formula is C13H19BrN2O. The Morgan fingerprint density at radius 3 is 2.76 bits per heavy atom. The first kappa shape index (κ1) is 11.7. The van der Waals surface area contributed by atoms with Crippen LogP contribution in [0.2, 0.25) is 0 Å². The van der Waals surface area contributed by atoms with Crippen molar-refractivity contribution < 1.29 is 4.74 Å². The molecule has 1 aromatic rings. The van der Waals surface area contributed by atoms with Crippen LogP contribution >= 0.6 is 15.9 Å². The van der Waals surface area contributed by atoms with Gasteiger partial charge in [0.2, 0.25) is 0 Å². The Kier molecular flexibility index (Phi) is 3.03. The van der Waals surface area contributed by atoms with E-state index in [0.717, 1.165) is 4.47 Å². The van der Waals surface area contributed by atoms with E-state index in [4.69, 9.17) is 4.74 Å². The van der Waals surface area contributed by atoms with Crippen LogP contribution in [0.25, 0.3) is 0 Å². The molecule has 3 rings (SSSR count). The van der Waals surface area contributed by atoms with E-state index < -0.39 is 0 Å². The van der Waals surface area contributed by atoms with Crippen molar-refractivity contribution in [3.05, 3.63) is 16.9 Å². The second-order valence-electron chi connectivity index (χ2n) is 5.60. The van der Waals surface area contributed by atoms with Gasteiger partial charge in [-0.3, -0.25) is 4.68 Å². The fourth-order valence-corrected chi connectivity index (χ4v) is 4.06. The van der Waals surface area contributed by atoms with Crippen molar-refractivity contribution >= 4 is 15.9 Å². The van der Waals surface area contributed by atoms with Gasteiger partial charge in [0.15, 0.2) is 0 Å². The molecule has 2 aliphatic carbocycles. The summed E-state index contributed by atoms with van der Waals surface area (Å²) in [6.07, 6.45) is 12.3. The number of halogens is 1. The molecular weight excluding hydrogens is 280 g/mol. The largest absolute Gasteiger partial charge is 0.379 e. The summed E-state index contributed by atoms with van der Waals surface area (Å²) in [6.45, 7) is 0. The molecule has 4 heteroatoms. The van der Waals surface area contributed by atoms with Gasteiger partial charge in [0.25, 0.3) is 0 Å². The maximum absolute atomic E-state index is 5.70. The van der Waals surface area contributed by atoms with E-state index in [2.05, 4.69) is 31.9 Å². The molecule has 17 heavy (non-hydrogen) atoms. The average Bonchev–Trinajstić information content (AvgIpc) is 3.00. The quantitative estimate of drug-likeness (QED) is 0.835. The van der Waals surface area contributed by atoms with E-state index in [9.17, 15) is 0 Å². The highest BCUT2D eigenvalue weighted by atomic mass is 79.9. The van der Waals surface area contributed by atoms with Crippen LogP contribution in [-0.2, 0) is 4.74 Å². The highest BCUT2D eigenvalue weighted by Crippen LogP contribution is 2.54. The summed E-state index contributed by atoms with van der Waals surface area (Å²) in [4.78, 5) is 0. The third-order valence-corrected chi connectivity index (χ3v) is 4.99. The van der Waals surface area contributed by atoms with E-state index >= 15 is 0 Å². The van der Waals surface area contributed by atoms with Crippen LogP contribution in [0.15, 0.2) is 16.9 Å². The lowest BCUT2D eigenvalue weighted by molar-refractivity contribution is 0.0659. The minimum absolute atomic E-state index is 0.333. The Hall–Kier alpha value is -0.350. The van der Waals surface area contributed by atoms with Gasteiger partial charge in [-0.15, -0.1) is 0 Å². The van der Waals surface area contributed by atoms with Crippen LogP contribution in [0, 0.1) is 5.41 Å². The van der Waals surface area contributed by atoms with E-state index in [0.29, 0.717) is 17.6 Å². The number of hydrogen-bond acceptors (Lipinski definition) is 2. The third kappa shape index (κ3) is 2.06. The number of methoxy groups -OCH3 is 1. The first-order valence-corrected chi connectivity index (χ1v) is 7.24. The van der Waals surface area contributed by atoms with Gasteiger partial charge < -0.3 is 4.74 Å². The minimum atomic E-state index is 0.333. The van der Waals surface area contributed by atoms with Crippen molar-refractivity contribution in [2.45, 2.75) is 50.7 Å². The molecule has 0 saturated heterocycles. The van der Waals surface area contributed by atoms with Gasteiger partial charge in [-0.05, 0) is 47.0 Å². The molecule has 2 aliphatic rings. The van der Waals surface area contributed by atoms with Gasteiger partial charge in [-0.1, -0.05) is 12.8 Å². The highest BCUT2D eigenvalue weighted by Gasteiger charge is 2.47. The van der Waals surface area contributed by atoms with Crippen LogP contribution in [0.3, 0.4) is 0 Å². The molecule has 0 bridgehead atoms.